The van der Waals surface area contributed by atoms with Crippen LogP contribution in [-0.2, 0) is 13.1 Å². The number of nitrogens with one attached hydrogen (secondary N) is 1. The molecule has 0 saturated carbocycles. The van der Waals surface area contributed by atoms with Crippen molar-refractivity contribution in [3.8, 4) is 0 Å². The minimum Gasteiger partial charge on any atom is -0.343 e. The zero-order chi connectivity index (χ0) is 11.2. The molecule has 0 aliphatic heterocycles. The van der Waals surface area contributed by atoms with Crippen molar-refractivity contribution in [1.29, 1.82) is 0 Å². The van der Waals surface area contributed by atoms with E-state index in [4.69, 9.17) is 0 Å². The second-order valence-corrected chi connectivity index (χ2v) is 4.71. The summed E-state index contributed by atoms with van der Waals surface area (Å²) in [6.45, 7) is 5.07. The molecule has 86 valence electrons. The molecule has 0 radical (unpaired) electrons. The number of hydrogen-bond donors (Lipinski definition) is 1. The third-order valence-electron chi connectivity index (χ3n) is 2.45. The van der Waals surface area contributed by atoms with Gasteiger partial charge in [-0.1, -0.05) is 6.92 Å². The zero-order valence-corrected chi connectivity index (χ0v) is 10.3. The standard InChI is InChI=1S/C12H17N3S/c1-2-5-13-9-11-4-3-7-15(11)10-12-14-6-8-16-12/h3-4,6-8,13H,2,5,9-10H2,1H3. The van der Waals surface area contributed by atoms with Crippen LogP contribution in [0.2, 0.25) is 0 Å². The van der Waals surface area contributed by atoms with E-state index in [-0.39, 0.29) is 0 Å². The minimum absolute atomic E-state index is 0.883. The summed E-state index contributed by atoms with van der Waals surface area (Å²) in [5.74, 6) is 0. The molecule has 0 bridgehead atoms. The quantitative estimate of drug-likeness (QED) is 0.780. The summed E-state index contributed by atoms with van der Waals surface area (Å²) >= 11 is 1.71. The third kappa shape index (κ3) is 2.93. The van der Waals surface area contributed by atoms with Crippen LogP contribution in [0.1, 0.15) is 24.0 Å². The number of aromatic nitrogens is 2. The Kier molecular flexibility index (Phi) is 4.13. The van der Waals surface area contributed by atoms with Crippen molar-refractivity contribution in [3.63, 3.8) is 0 Å². The largest absolute Gasteiger partial charge is 0.343 e. The summed E-state index contributed by atoms with van der Waals surface area (Å²) in [5.41, 5.74) is 1.32. The van der Waals surface area contributed by atoms with Gasteiger partial charge in [-0.05, 0) is 25.1 Å². The molecular formula is C12H17N3S. The molecule has 16 heavy (non-hydrogen) atoms. The van der Waals surface area contributed by atoms with Crippen LogP contribution in [-0.4, -0.2) is 16.1 Å². The SMILES string of the molecule is CCCNCc1cccn1Cc1nccs1. The molecule has 0 atom stereocenters. The Bertz CT molecular complexity index is 406. The Morgan fingerprint density at radius 2 is 2.44 bits per heavy atom. The summed E-state index contributed by atoms with van der Waals surface area (Å²) in [6.07, 6.45) is 5.15. The van der Waals surface area contributed by atoms with Crippen molar-refractivity contribution in [1.82, 2.24) is 14.9 Å². The van der Waals surface area contributed by atoms with Gasteiger partial charge in [0.2, 0.25) is 0 Å². The fourth-order valence-corrected chi connectivity index (χ4v) is 2.25. The molecule has 0 spiro atoms. The van der Waals surface area contributed by atoms with E-state index in [1.54, 1.807) is 11.3 Å². The molecule has 0 unspecified atom stereocenters. The van der Waals surface area contributed by atoms with Gasteiger partial charge in [-0.25, -0.2) is 4.98 Å². The van der Waals surface area contributed by atoms with Gasteiger partial charge in [-0.15, -0.1) is 11.3 Å². The van der Waals surface area contributed by atoms with Crippen molar-refractivity contribution in [3.05, 3.63) is 40.6 Å². The van der Waals surface area contributed by atoms with E-state index >= 15 is 0 Å². The van der Waals surface area contributed by atoms with Crippen molar-refractivity contribution in [2.45, 2.75) is 26.4 Å². The van der Waals surface area contributed by atoms with Gasteiger partial charge in [0.25, 0.3) is 0 Å². The van der Waals surface area contributed by atoms with E-state index in [1.807, 2.05) is 11.6 Å². The summed E-state index contributed by atoms with van der Waals surface area (Å²) in [4.78, 5) is 4.31. The second kappa shape index (κ2) is 5.82. The predicted molar refractivity (Wildman–Crippen MR) is 67.6 cm³/mol. The highest BCUT2D eigenvalue weighted by molar-refractivity contribution is 7.09. The van der Waals surface area contributed by atoms with Crippen molar-refractivity contribution >= 4 is 11.3 Å². The van der Waals surface area contributed by atoms with E-state index in [0.29, 0.717) is 0 Å². The lowest BCUT2D eigenvalue weighted by Crippen LogP contribution is -2.16. The molecule has 0 aromatic carbocycles. The highest BCUT2D eigenvalue weighted by Gasteiger charge is 2.02. The molecule has 2 heterocycles. The lowest BCUT2D eigenvalue weighted by Gasteiger charge is -2.08. The van der Waals surface area contributed by atoms with Gasteiger partial charge in [-0.3, -0.25) is 0 Å². The third-order valence-corrected chi connectivity index (χ3v) is 3.21. The Labute approximate surface area is 100 Å². The van der Waals surface area contributed by atoms with Gasteiger partial charge in [0.15, 0.2) is 0 Å². The van der Waals surface area contributed by atoms with Gasteiger partial charge < -0.3 is 9.88 Å². The van der Waals surface area contributed by atoms with Crippen molar-refractivity contribution in [2.75, 3.05) is 6.54 Å². The maximum atomic E-state index is 4.31. The Morgan fingerprint density at radius 3 is 3.19 bits per heavy atom. The normalized spacial score (nSPS) is 10.8. The average Bonchev–Trinajstić information content (AvgIpc) is 2.92. The molecule has 0 aliphatic rings. The van der Waals surface area contributed by atoms with Crippen LogP contribution in [0.5, 0.6) is 0 Å². The van der Waals surface area contributed by atoms with Crippen LogP contribution in [0.3, 0.4) is 0 Å². The number of hydrogen-bond acceptors (Lipinski definition) is 3. The van der Waals surface area contributed by atoms with E-state index in [9.17, 15) is 0 Å². The molecule has 0 amide bonds. The first-order valence-corrected chi connectivity index (χ1v) is 6.51. The first-order valence-electron chi connectivity index (χ1n) is 5.63. The molecule has 4 heteroatoms. The smallest absolute Gasteiger partial charge is 0.112 e. The van der Waals surface area contributed by atoms with E-state index in [2.05, 4.69) is 40.1 Å². The summed E-state index contributed by atoms with van der Waals surface area (Å²) in [6, 6.07) is 4.26. The van der Waals surface area contributed by atoms with Gasteiger partial charge in [-0.2, -0.15) is 0 Å². The molecule has 0 fully saturated rings. The Balaban J connectivity index is 1.96. The van der Waals surface area contributed by atoms with Gasteiger partial charge in [0.05, 0.1) is 6.54 Å². The monoisotopic (exact) mass is 235 g/mol. The van der Waals surface area contributed by atoms with Gasteiger partial charge >= 0.3 is 0 Å². The van der Waals surface area contributed by atoms with Crippen LogP contribution in [0.15, 0.2) is 29.9 Å². The lowest BCUT2D eigenvalue weighted by atomic mass is 10.4. The number of nitrogens with zero attached hydrogens (tertiary/aromatic N) is 2. The maximum absolute atomic E-state index is 4.31. The average molecular weight is 235 g/mol. The summed E-state index contributed by atoms with van der Waals surface area (Å²) in [5, 5.41) is 6.60. The fraction of sp³-hybridized carbons (Fsp3) is 0.417. The molecular weight excluding hydrogens is 218 g/mol. The highest BCUT2D eigenvalue weighted by Crippen LogP contribution is 2.10. The van der Waals surface area contributed by atoms with Crippen LogP contribution < -0.4 is 5.32 Å². The van der Waals surface area contributed by atoms with Gasteiger partial charge in [0.1, 0.15) is 5.01 Å². The summed E-state index contributed by atoms with van der Waals surface area (Å²) < 4.78 is 2.25. The number of rotatable bonds is 6. The molecule has 3 nitrogen and oxygen atoms in total. The fourth-order valence-electron chi connectivity index (χ4n) is 1.63. The molecule has 2 aromatic heterocycles. The molecule has 0 aliphatic carbocycles. The van der Waals surface area contributed by atoms with Crippen LogP contribution in [0.4, 0.5) is 0 Å². The van der Waals surface area contributed by atoms with Crippen LogP contribution in [0.25, 0.3) is 0 Å². The van der Waals surface area contributed by atoms with E-state index in [0.717, 1.165) is 24.6 Å². The highest BCUT2D eigenvalue weighted by atomic mass is 32.1. The first kappa shape index (κ1) is 11.4. The zero-order valence-electron chi connectivity index (χ0n) is 9.52. The molecule has 0 saturated heterocycles. The number of thiazole rings is 1. The van der Waals surface area contributed by atoms with Crippen molar-refractivity contribution < 1.29 is 0 Å². The Hall–Kier alpha value is -1.13. The predicted octanol–water partition coefficient (Wildman–Crippen LogP) is 2.49. The van der Waals surface area contributed by atoms with Crippen LogP contribution in [0, 0.1) is 0 Å². The van der Waals surface area contributed by atoms with Gasteiger partial charge in [0, 0.05) is 30.0 Å². The van der Waals surface area contributed by atoms with E-state index in [1.165, 1.54) is 12.1 Å². The van der Waals surface area contributed by atoms with E-state index < -0.39 is 0 Å². The molecule has 2 aromatic rings. The summed E-state index contributed by atoms with van der Waals surface area (Å²) in [7, 11) is 0. The molecule has 1 N–H and O–H groups in total. The second-order valence-electron chi connectivity index (χ2n) is 3.73. The lowest BCUT2D eigenvalue weighted by molar-refractivity contribution is 0.629. The van der Waals surface area contributed by atoms with Crippen molar-refractivity contribution in [2.24, 2.45) is 0 Å². The maximum Gasteiger partial charge on any atom is 0.112 e. The topological polar surface area (TPSA) is 29.9 Å². The Morgan fingerprint density at radius 1 is 1.50 bits per heavy atom. The first-order chi connectivity index (χ1) is 7.90. The van der Waals surface area contributed by atoms with Crippen LogP contribution >= 0.6 is 11.3 Å². The minimum atomic E-state index is 0.883. The molecule has 2 rings (SSSR count).